The smallest absolute Gasteiger partial charge is 0.182 e. The van der Waals surface area contributed by atoms with E-state index in [1.165, 1.54) is 25.3 Å². The number of benzene rings is 1. The van der Waals surface area contributed by atoms with Crippen LogP contribution in [0.3, 0.4) is 0 Å². The van der Waals surface area contributed by atoms with Crippen molar-refractivity contribution in [1.29, 1.82) is 5.26 Å². The van der Waals surface area contributed by atoms with Crippen LogP contribution in [0.5, 0.6) is 5.75 Å². The van der Waals surface area contributed by atoms with Crippen molar-refractivity contribution in [2.75, 3.05) is 0 Å². The molecule has 5 rings (SSSR count). The van der Waals surface area contributed by atoms with Crippen molar-refractivity contribution < 1.29 is 13.5 Å². The quantitative estimate of drug-likeness (QED) is 0.380. The van der Waals surface area contributed by atoms with E-state index in [4.69, 9.17) is 9.73 Å². The van der Waals surface area contributed by atoms with Crippen LogP contribution in [0.4, 0.5) is 8.78 Å². The molecule has 0 heterocycles. The zero-order chi connectivity index (χ0) is 18.5. The predicted octanol–water partition coefficient (Wildman–Crippen LogP) is 4.17. The van der Waals surface area contributed by atoms with E-state index >= 15 is 0 Å². The second kappa shape index (κ2) is 5.94. The molecule has 6 heteroatoms. The van der Waals surface area contributed by atoms with Gasteiger partial charge in [0.1, 0.15) is 5.82 Å². The van der Waals surface area contributed by atoms with Crippen molar-refractivity contribution in [3.05, 3.63) is 29.8 Å². The lowest BCUT2D eigenvalue weighted by atomic mass is 9.80. The fourth-order valence-electron chi connectivity index (χ4n) is 5.41. The normalized spacial score (nSPS) is 32.6. The van der Waals surface area contributed by atoms with E-state index < -0.39 is 17.2 Å². The summed E-state index contributed by atoms with van der Waals surface area (Å²) in [5.74, 6) is 0.967. The Morgan fingerprint density at radius 2 is 1.96 bits per heavy atom. The summed E-state index contributed by atoms with van der Waals surface area (Å²) < 4.78 is 33.0. The zero-order valence-electron chi connectivity index (χ0n) is 15.1. The van der Waals surface area contributed by atoms with E-state index in [-0.39, 0.29) is 11.3 Å². The molecule has 4 aliphatic rings. The fraction of sp³-hybridized carbons (Fsp3) is 0.600. The van der Waals surface area contributed by atoms with Crippen LogP contribution in [0.15, 0.2) is 23.2 Å². The van der Waals surface area contributed by atoms with Gasteiger partial charge in [0.05, 0.1) is 5.54 Å². The van der Waals surface area contributed by atoms with Crippen LogP contribution in [-0.2, 0) is 0 Å². The Morgan fingerprint density at radius 3 is 2.58 bits per heavy atom. The Morgan fingerprint density at radius 1 is 1.27 bits per heavy atom. The van der Waals surface area contributed by atoms with Gasteiger partial charge in [0.25, 0.3) is 0 Å². The summed E-state index contributed by atoms with van der Waals surface area (Å²) in [4.78, 5) is 5.02. The van der Waals surface area contributed by atoms with Gasteiger partial charge in [-0.1, -0.05) is 0 Å². The van der Waals surface area contributed by atoms with Crippen LogP contribution in [0.1, 0.15) is 46.0 Å². The van der Waals surface area contributed by atoms with Crippen molar-refractivity contribution in [2.24, 2.45) is 22.7 Å². The van der Waals surface area contributed by atoms with E-state index in [2.05, 4.69) is 5.32 Å². The third kappa shape index (κ3) is 2.84. The number of hydrogen-bond acceptors (Lipinski definition) is 3. The Balaban J connectivity index is 1.64. The standard InChI is InChI=1S/C20H23F2N3O/c1-19(2,26-17-4-3-15(21)8-16(17)22)18(24-11-23)25-20-9-12-5-13(10-20)7-14(20)6-12/h3-4,8,12-14H,5-7,9-10H2,1-2H3,(H,24,25). The van der Waals surface area contributed by atoms with Crippen LogP contribution < -0.4 is 10.1 Å². The van der Waals surface area contributed by atoms with Crippen molar-refractivity contribution in [2.45, 2.75) is 57.1 Å². The van der Waals surface area contributed by atoms with Gasteiger partial charge in [0.15, 0.2) is 29.2 Å². The lowest BCUT2D eigenvalue weighted by Crippen LogP contribution is -2.47. The van der Waals surface area contributed by atoms with Gasteiger partial charge in [-0.05, 0) is 75.8 Å². The van der Waals surface area contributed by atoms with Gasteiger partial charge in [0.2, 0.25) is 0 Å². The largest absolute Gasteiger partial charge is 0.477 e. The highest BCUT2D eigenvalue weighted by atomic mass is 19.1. The first-order chi connectivity index (χ1) is 12.3. The molecule has 0 amide bonds. The Bertz CT molecular complexity index is 785. The molecule has 0 spiro atoms. The average Bonchev–Trinajstić information content (AvgIpc) is 2.93. The summed E-state index contributed by atoms with van der Waals surface area (Å²) in [6.07, 6.45) is 7.80. The molecular formula is C20H23F2N3O. The fourth-order valence-corrected chi connectivity index (χ4v) is 5.41. The van der Waals surface area contributed by atoms with Gasteiger partial charge in [-0.25, -0.2) is 8.78 Å². The molecular weight excluding hydrogens is 336 g/mol. The Kier molecular flexibility index (Phi) is 3.94. The van der Waals surface area contributed by atoms with Crippen LogP contribution in [0.2, 0.25) is 0 Å². The maximum atomic E-state index is 14.0. The van der Waals surface area contributed by atoms with E-state index in [1.54, 1.807) is 13.8 Å². The van der Waals surface area contributed by atoms with Gasteiger partial charge in [0, 0.05) is 6.07 Å². The van der Waals surface area contributed by atoms with E-state index in [0.29, 0.717) is 11.8 Å². The minimum Gasteiger partial charge on any atom is -0.477 e. The molecule has 2 unspecified atom stereocenters. The van der Waals surface area contributed by atoms with Crippen LogP contribution >= 0.6 is 0 Å². The highest BCUT2D eigenvalue weighted by Crippen LogP contribution is 2.62. The molecule has 2 atom stereocenters. The average molecular weight is 359 g/mol. The molecule has 1 aromatic rings. The second-order valence-corrected chi connectivity index (χ2v) is 8.53. The summed E-state index contributed by atoms with van der Waals surface area (Å²) in [5, 5.41) is 11.9. The topological polar surface area (TPSA) is 57.4 Å². The summed E-state index contributed by atoms with van der Waals surface area (Å²) >= 11 is 0. The monoisotopic (exact) mass is 359 g/mol. The number of rotatable bonds is 4. The van der Waals surface area contributed by atoms with Gasteiger partial charge >= 0.3 is 0 Å². The highest BCUT2D eigenvalue weighted by molar-refractivity contribution is 5.91. The van der Waals surface area contributed by atoms with E-state index in [0.717, 1.165) is 36.8 Å². The molecule has 0 aliphatic heterocycles. The zero-order valence-corrected chi connectivity index (χ0v) is 15.1. The first kappa shape index (κ1) is 17.3. The molecule has 1 N–H and O–H groups in total. The SMILES string of the molecule is CC(C)(Oc1ccc(F)cc1F)C(=NC12CC3CC(CC1C3)C2)NC#N. The maximum Gasteiger partial charge on any atom is 0.182 e. The molecule has 4 fully saturated rings. The first-order valence-corrected chi connectivity index (χ1v) is 9.21. The first-order valence-electron chi connectivity index (χ1n) is 9.21. The molecule has 26 heavy (non-hydrogen) atoms. The number of halogens is 2. The summed E-state index contributed by atoms with van der Waals surface area (Å²) in [7, 11) is 0. The molecule has 4 saturated carbocycles. The minimum atomic E-state index is -1.04. The van der Waals surface area contributed by atoms with Gasteiger partial charge in [-0.2, -0.15) is 5.26 Å². The van der Waals surface area contributed by atoms with Gasteiger partial charge in [-0.3, -0.25) is 10.3 Å². The number of hydrogen-bond donors (Lipinski definition) is 1. The lowest BCUT2D eigenvalue weighted by molar-refractivity contribution is 0.167. The molecule has 4 nitrogen and oxygen atoms in total. The molecule has 0 aromatic heterocycles. The van der Waals surface area contributed by atoms with E-state index in [1.807, 2.05) is 6.19 Å². The van der Waals surface area contributed by atoms with Crippen molar-refractivity contribution in [3.63, 3.8) is 0 Å². The van der Waals surface area contributed by atoms with Crippen LogP contribution in [0, 0.1) is 40.8 Å². The summed E-state index contributed by atoms with van der Waals surface area (Å²) in [6.45, 7) is 3.49. The number of nitrogens with one attached hydrogen (secondary N) is 1. The number of nitrogens with zero attached hydrogens (tertiary/aromatic N) is 2. The molecule has 138 valence electrons. The van der Waals surface area contributed by atoms with Crippen molar-refractivity contribution >= 4 is 5.84 Å². The predicted molar refractivity (Wildman–Crippen MR) is 93.5 cm³/mol. The number of amidine groups is 1. The Hall–Kier alpha value is -2.16. The second-order valence-electron chi connectivity index (χ2n) is 8.53. The van der Waals surface area contributed by atoms with Crippen LogP contribution in [0.25, 0.3) is 0 Å². The number of aliphatic imine (C=N–C) groups is 1. The van der Waals surface area contributed by atoms with Crippen molar-refractivity contribution in [1.82, 2.24) is 5.32 Å². The third-order valence-corrected chi connectivity index (χ3v) is 6.28. The molecule has 4 bridgehead atoms. The summed E-state index contributed by atoms with van der Waals surface area (Å²) in [6, 6.07) is 3.20. The molecule has 1 aromatic carbocycles. The highest BCUT2D eigenvalue weighted by Gasteiger charge is 2.58. The lowest BCUT2D eigenvalue weighted by Gasteiger charge is -2.33. The van der Waals surface area contributed by atoms with Gasteiger partial charge < -0.3 is 4.74 Å². The molecule has 4 aliphatic carbocycles. The number of ether oxygens (including phenoxy) is 1. The van der Waals surface area contributed by atoms with E-state index in [9.17, 15) is 14.0 Å². The molecule has 0 saturated heterocycles. The van der Waals surface area contributed by atoms with Crippen molar-refractivity contribution in [3.8, 4) is 11.9 Å². The van der Waals surface area contributed by atoms with Gasteiger partial charge in [-0.15, -0.1) is 0 Å². The minimum absolute atomic E-state index is 0.0569. The Labute approximate surface area is 152 Å². The molecule has 0 radical (unpaired) electrons. The van der Waals surface area contributed by atoms with Crippen LogP contribution in [-0.4, -0.2) is 17.0 Å². The number of nitriles is 1. The summed E-state index contributed by atoms with van der Waals surface area (Å²) in [5.41, 5.74) is -1.15. The third-order valence-electron chi connectivity index (χ3n) is 6.28. The maximum absolute atomic E-state index is 14.0.